The fourth-order valence-electron chi connectivity index (χ4n) is 1.90. The van der Waals surface area contributed by atoms with Gasteiger partial charge in [0.1, 0.15) is 0 Å². The van der Waals surface area contributed by atoms with E-state index in [-0.39, 0.29) is 5.97 Å². The highest BCUT2D eigenvalue weighted by Crippen LogP contribution is 2.39. The van der Waals surface area contributed by atoms with Gasteiger partial charge in [-0.2, -0.15) is 0 Å². The number of hydrogen-bond donors (Lipinski definition) is 0. The van der Waals surface area contributed by atoms with Crippen LogP contribution < -0.4 is 0 Å². The molecule has 0 unspecified atom stereocenters. The molecule has 0 spiro atoms. The molecule has 0 heterocycles. The average molecular weight is 306 g/mol. The maximum absolute atomic E-state index is 11.7. The zero-order chi connectivity index (χ0) is 16.2. The molecule has 1 aromatic carbocycles. The Morgan fingerprint density at radius 2 is 1.64 bits per heavy atom. The number of benzene rings is 1. The van der Waals surface area contributed by atoms with Crippen molar-refractivity contribution in [3.8, 4) is 0 Å². The molecule has 1 saturated carbocycles. The second-order valence-corrected chi connectivity index (χ2v) is 5.73. The summed E-state index contributed by atoms with van der Waals surface area (Å²) in [5, 5.41) is 0. The third kappa shape index (κ3) is 7.60. The number of hydrogen-bond acceptors (Lipinski definition) is 3. The molecule has 1 aliphatic rings. The lowest BCUT2D eigenvalue weighted by Crippen LogP contribution is -2.07. The van der Waals surface area contributed by atoms with E-state index in [0.29, 0.717) is 18.8 Å². The van der Waals surface area contributed by atoms with Crippen molar-refractivity contribution < 1.29 is 14.3 Å². The second-order valence-electron chi connectivity index (χ2n) is 5.73. The number of carbonyl (C=O) groups excluding carboxylic acids is 1. The lowest BCUT2D eigenvalue weighted by molar-refractivity contribution is 0.0489. The van der Waals surface area contributed by atoms with Crippen molar-refractivity contribution in [3.05, 3.63) is 35.4 Å². The molecular formula is C19H30O3. The van der Waals surface area contributed by atoms with E-state index in [0.717, 1.165) is 18.8 Å². The first-order valence-corrected chi connectivity index (χ1v) is 8.48. The van der Waals surface area contributed by atoms with Crippen LogP contribution in [-0.4, -0.2) is 26.3 Å². The zero-order valence-corrected chi connectivity index (χ0v) is 14.3. The van der Waals surface area contributed by atoms with Gasteiger partial charge in [-0.15, -0.1) is 0 Å². The third-order valence-corrected chi connectivity index (χ3v) is 3.67. The number of rotatable bonds is 8. The van der Waals surface area contributed by atoms with Crippen LogP contribution in [0.1, 0.15) is 74.2 Å². The molecule has 0 amide bonds. The number of carbonyl (C=O) groups is 1. The van der Waals surface area contributed by atoms with Crippen molar-refractivity contribution in [2.75, 3.05) is 20.3 Å². The largest absolute Gasteiger partial charge is 0.462 e. The summed E-state index contributed by atoms with van der Waals surface area (Å²) in [6.45, 7) is 5.54. The van der Waals surface area contributed by atoms with E-state index in [1.165, 1.54) is 31.2 Å². The summed E-state index contributed by atoms with van der Waals surface area (Å²) in [4.78, 5) is 11.7. The van der Waals surface area contributed by atoms with Crippen LogP contribution in [0, 0.1) is 0 Å². The Morgan fingerprint density at radius 1 is 1.05 bits per heavy atom. The average Bonchev–Trinajstić information content (AvgIpc) is 3.40. The zero-order valence-electron chi connectivity index (χ0n) is 14.3. The van der Waals surface area contributed by atoms with Crippen LogP contribution in [0.2, 0.25) is 0 Å². The van der Waals surface area contributed by atoms with Crippen LogP contribution in [0.3, 0.4) is 0 Å². The maximum Gasteiger partial charge on any atom is 0.338 e. The quantitative estimate of drug-likeness (QED) is 0.503. The smallest absolute Gasteiger partial charge is 0.338 e. The molecule has 0 aliphatic heterocycles. The van der Waals surface area contributed by atoms with Crippen LogP contribution >= 0.6 is 0 Å². The summed E-state index contributed by atoms with van der Waals surface area (Å²) >= 11 is 0. The monoisotopic (exact) mass is 306 g/mol. The first-order valence-electron chi connectivity index (χ1n) is 8.48. The van der Waals surface area contributed by atoms with Gasteiger partial charge in [-0.05, 0) is 49.3 Å². The Labute approximate surface area is 135 Å². The van der Waals surface area contributed by atoms with Gasteiger partial charge in [0.15, 0.2) is 0 Å². The van der Waals surface area contributed by atoms with Gasteiger partial charge in [0.2, 0.25) is 0 Å². The van der Waals surface area contributed by atoms with Gasteiger partial charge in [0.25, 0.3) is 0 Å². The molecule has 0 bridgehead atoms. The summed E-state index contributed by atoms with van der Waals surface area (Å²) in [5.74, 6) is 0.499. The summed E-state index contributed by atoms with van der Waals surface area (Å²) < 4.78 is 10.1. The van der Waals surface area contributed by atoms with E-state index in [9.17, 15) is 4.79 Å². The lowest BCUT2D eigenvalue weighted by atomic mass is 10.1. The Hall–Kier alpha value is -1.35. The van der Waals surface area contributed by atoms with Crippen LogP contribution in [0.15, 0.2) is 24.3 Å². The Bertz CT molecular complexity index is 405. The van der Waals surface area contributed by atoms with E-state index in [1.807, 2.05) is 24.3 Å². The molecule has 2 rings (SSSR count). The van der Waals surface area contributed by atoms with Crippen molar-refractivity contribution in [2.45, 2.75) is 58.3 Å². The number of unbranched alkanes of at least 4 members (excludes halogenated alkanes) is 2. The first kappa shape index (κ1) is 18.7. The van der Waals surface area contributed by atoms with Gasteiger partial charge >= 0.3 is 5.97 Å². The molecular weight excluding hydrogens is 276 g/mol. The topological polar surface area (TPSA) is 35.5 Å². The molecule has 0 N–H and O–H groups in total. The molecule has 3 nitrogen and oxygen atoms in total. The minimum Gasteiger partial charge on any atom is -0.462 e. The van der Waals surface area contributed by atoms with Crippen LogP contribution in [-0.2, 0) is 9.47 Å². The summed E-state index contributed by atoms with van der Waals surface area (Å²) in [5.41, 5.74) is 1.98. The highest BCUT2D eigenvalue weighted by Gasteiger charge is 2.23. The number of ether oxygens (including phenoxy) is 2. The van der Waals surface area contributed by atoms with Gasteiger partial charge < -0.3 is 9.47 Å². The van der Waals surface area contributed by atoms with Crippen LogP contribution in [0.5, 0.6) is 0 Å². The second kappa shape index (κ2) is 11.2. The molecule has 22 heavy (non-hydrogen) atoms. The standard InChI is InChI=1S/C15H20O3.C4H10/c1-17-10-2-3-11-18-15(16)14-8-6-13(7-9-14)12-4-5-12;1-3-4-2/h6-9,12H,2-5,10-11H2,1H3;3-4H2,1-2H3. The van der Waals surface area contributed by atoms with E-state index < -0.39 is 0 Å². The fourth-order valence-corrected chi connectivity index (χ4v) is 1.90. The van der Waals surface area contributed by atoms with Crippen molar-refractivity contribution >= 4 is 5.97 Å². The fraction of sp³-hybridized carbons (Fsp3) is 0.632. The Morgan fingerprint density at radius 3 is 2.14 bits per heavy atom. The first-order chi connectivity index (χ1) is 10.7. The van der Waals surface area contributed by atoms with E-state index in [4.69, 9.17) is 9.47 Å². The van der Waals surface area contributed by atoms with Crippen molar-refractivity contribution in [1.29, 1.82) is 0 Å². The molecule has 1 aromatic rings. The SMILES string of the molecule is CCCC.COCCCCOC(=O)c1ccc(C2CC2)cc1. The van der Waals surface area contributed by atoms with Gasteiger partial charge in [-0.25, -0.2) is 4.79 Å². The summed E-state index contributed by atoms with van der Waals surface area (Å²) in [6, 6.07) is 7.81. The Balaban J connectivity index is 0.000000541. The number of methoxy groups -OCH3 is 1. The minimum atomic E-state index is -0.227. The predicted molar refractivity (Wildman–Crippen MR) is 90.4 cm³/mol. The lowest BCUT2D eigenvalue weighted by Gasteiger charge is -2.05. The van der Waals surface area contributed by atoms with Crippen molar-refractivity contribution in [2.24, 2.45) is 0 Å². The van der Waals surface area contributed by atoms with E-state index in [2.05, 4.69) is 13.8 Å². The highest BCUT2D eigenvalue weighted by atomic mass is 16.5. The maximum atomic E-state index is 11.7. The van der Waals surface area contributed by atoms with Gasteiger partial charge in [0, 0.05) is 13.7 Å². The molecule has 0 atom stereocenters. The third-order valence-electron chi connectivity index (χ3n) is 3.67. The van der Waals surface area contributed by atoms with Gasteiger partial charge in [-0.3, -0.25) is 0 Å². The van der Waals surface area contributed by atoms with E-state index >= 15 is 0 Å². The number of esters is 1. The van der Waals surface area contributed by atoms with Crippen molar-refractivity contribution in [1.82, 2.24) is 0 Å². The summed E-state index contributed by atoms with van der Waals surface area (Å²) in [6.07, 6.45) is 6.97. The van der Waals surface area contributed by atoms with Crippen LogP contribution in [0.25, 0.3) is 0 Å². The molecule has 3 heteroatoms. The molecule has 0 aromatic heterocycles. The molecule has 124 valence electrons. The molecule has 0 saturated heterocycles. The highest BCUT2D eigenvalue weighted by molar-refractivity contribution is 5.89. The normalized spacial score (nSPS) is 13.2. The van der Waals surface area contributed by atoms with Gasteiger partial charge in [0.05, 0.1) is 12.2 Å². The predicted octanol–water partition coefficient (Wildman–Crippen LogP) is 4.95. The Kier molecular flexibility index (Phi) is 9.56. The van der Waals surface area contributed by atoms with Gasteiger partial charge in [-0.1, -0.05) is 38.8 Å². The molecule has 1 fully saturated rings. The molecule has 0 radical (unpaired) electrons. The van der Waals surface area contributed by atoms with Crippen molar-refractivity contribution in [3.63, 3.8) is 0 Å². The van der Waals surface area contributed by atoms with E-state index in [1.54, 1.807) is 7.11 Å². The minimum absolute atomic E-state index is 0.227. The molecule has 1 aliphatic carbocycles. The van der Waals surface area contributed by atoms with Crippen LogP contribution in [0.4, 0.5) is 0 Å². The summed E-state index contributed by atoms with van der Waals surface area (Å²) in [7, 11) is 1.67.